The molecule has 0 spiro atoms. The summed E-state index contributed by atoms with van der Waals surface area (Å²) in [5, 5.41) is 3.39. The zero-order chi connectivity index (χ0) is 11.4. The Kier molecular flexibility index (Phi) is 3.88. The Hall–Kier alpha value is -0.960. The van der Waals surface area contributed by atoms with Crippen LogP contribution in [-0.2, 0) is 6.54 Å². The van der Waals surface area contributed by atoms with Crippen molar-refractivity contribution in [2.24, 2.45) is 0 Å². The first-order valence-corrected chi connectivity index (χ1v) is 6.34. The van der Waals surface area contributed by atoms with E-state index >= 15 is 0 Å². The van der Waals surface area contributed by atoms with E-state index in [0.29, 0.717) is 5.92 Å². The van der Waals surface area contributed by atoms with Crippen molar-refractivity contribution in [1.29, 1.82) is 0 Å². The average molecular weight is 219 g/mol. The van der Waals surface area contributed by atoms with Gasteiger partial charge in [0.1, 0.15) is 5.82 Å². The van der Waals surface area contributed by atoms with Gasteiger partial charge in [0.15, 0.2) is 0 Å². The lowest BCUT2D eigenvalue weighted by Crippen LogP contribution is -2.18. The predicted molar refractivity (Wildman–Crippen MR) is 65.4 cm³/mol. The number of hydrogen-bond acceptors (Lipinski definition) is 3. The van der Waals surface area contributed by atoms with Crippen LogP contribution in [-0.4, -0.2) is 16.5 Å². The fraction of sp³-hybridized carbons (Fsp3) is 0.692. The van der Waals surface area contributed by atoms with Gasteiger partial charge in [-0.1, -0.05) is 13.3 Å². The number of nitrogens with one attached hydrogen (secondary N) is 1. The van der Waals surface area contributed by atoms with Gasteiger partial charge in [-0.05, 0) is 38.8 Å². The van der Waals surface area contributed by atoms with Crippen LogP contribution in [0.25, 0.3) is 0 Å². The number of rotatable bonds is 5. The molecule has 1 aromatic heterocycles. The van der Waals surface area contributed by atoms with Gasteiger partial charge in [-0.25, -0.2) is 9.97 Å². The lowest BCUT2D eigenvalue weighted by atomic mass is 9.85. The van der Waals surface area contributed by atoms with Crippen LogP contribution in [0.5, 0.6) is 0 Å². The normalized spacial score (nSPS) is 16.1. The second-order valence-corrected chi connectivity index (χ2v) is 4.66. The third-order valence-corrected chi connectivity index (χ3v) is 3.13. The fourth-order valence-electron chi connectivity index (χ4n) is 1.99. The van der Waals surface area contributed by atoms with Gasteiger partial charge in [0.2, 0.25) is 0 Å². The SMILES string of the molecule is CCCNCc1cc(C)nc(C2CCC2)n1. The van der Waals surface area contributed by atoms with Crippen molar-refractivity contribution >= 4 is 0 Å². The van der Waals surface area contributed by atoms with Crippen LogP contribution in [0.3, 0.4) is 0 Å². The molecule has 1 aliphatic carbocycles. The topological polar surface area (TPSA) is 37.8 Å². The minimum atomic E-state index is 0.629. The summed E-state index contributed by atoms with van der Waals surface area (Å²) in [6, 6.07) is 2.09. The van der Waals surface area contributed by atoms with Crippen molar-refractivity contribution in [2.45, 2.75) is 52.0 Å². The molecule has 0 aromatic carbocycles. The molecule has 1 saturated carbocycles. The Labute approximate surface area is 97.7 Å². The van der Waals surface area contributed by atoms with Crippen molar-refractivity contribution < 1.29 is 0 Å². The van der Waals surface area contributed by atoms with E-state index in [1.165, 1.54) is 25.7 Å². The quantitative estimate of drug-likeness (QED) is 0.773. The van der Waals surface area contributed by atoms with Gasteiger partial charge in [-0.15, -0.1) is 0 Å². The van der Waals surface area contributed by atoms with Crippen molar-refractivity contribution in [2.75, 3.05) is 6.54 Å². The third-order valence-electron chi connectivity index (χ3n) is 3.13. The lowest BCUT2D eigenvalue weighted by Gasteiger charge is -2.24. The van der Waals surface area contributed by atoms with E-state index < -0.39 is 0 Å². The Morgan fingerprint density at radius 2 is 2.19 bits per heavy atom. The van der Waals surface area contributed by atoms with Crippen molar-refractivity contribution in [3.8, 4) is 0 Å². The Balaban J connectivity index is 2.03. The standard InChI is InChI=1S/C13H21N3/c1-3-7-14-9-12-8-10(2)15-13(16-12)11-5-4-6-11/h8,11,14H,3-7,9H2,1-2H3. The van der Waals surface area contributed by atoms with Crippen LogP contribution >= 0.6 is 0 Å². The molecule has 0 saturated heterocycles. The molecule has 0 aliphatic heterocycles. The molecular weight excluding hydrogens is 198 g/mol. The van der Waals surface area contributed by atoms with Crippen molar-refractivity contribution in [3.05, 3.63) is 23.3 Å². The van der Waals surface area contributed by atoms with E-state index in [1.807, 2.05) is 0 Å². The monoisotopic (exact) mass is 219 g/mol. The molecule has 16 heavy (non-hydrogen) atoms. The van der Waals surface area contributed by atoms with Gasteiger partial charge >= 0.3 is 0 Å². The van der Waals surface area contributed by atoms with Gasteiger partial charge in [-0.3, -0.25) is 0 Å². The highest BCUT2D eigenvalue weighted by Crippen LogP contribution is 2.34. The summed E-state index contributed by atoms with van der Waals surface area (Å²) in [5.74, 6) is 1.70. The molecule has 1 heterocycles. The second-order valence-electron chi connectivity index (χ2n) is 4.66. The summed E-state index contributed by atoms with van der Waals surface area (Å²) >= 11 is 0. The maximum absolute atomic E-state index is 4.65. The third kappa shape index (κ3) is 2.79. The van der Waals surface area contributed by atoms with Gasteiger partial charge in [0.25, 0.3) is 0 Å². The Morgan fingerprint density at radius 1 is 1.38 bits per heavy atom. The maximum atomic E-state index is 4.65. The summed E-state index contributed by atoms with van der Waals surface area (Å²) < 4.78 is 0. The van der Waals surface area contributed by atoms with E-state index in [1.54, 1.807) is 0 Å². The Bertz CT molecular complexity index is 345. The van der Waals surface area contributed by atoms with Crippen LogP contribution < -0.4 is 5.32 Å². The van der Waals surface area contributed by atoms with E-state index in [0.717, 1.165) is 30.3 Å². The molecule has 1 aliphatic rings. The van der Waals surface area contributed by atoms with Crippen LogP contribution in [0.1, 0.15) is 55.7 Å². The molecule has 3 nitrogen and oxygen atoms in total. The summed E-state index contributed by atoms with van der Waals surface area (Å²) in [4.78, 5) is 9.20. The molecule has 0 amide bonds. The summed E-state index contributed by atoms with van der Waals surface area (Å²) in [5.41, 5.74) is 2.24. The van der Waals surface area contributed by atoms with Crippen molar-refractivity contribution in [1.82, 2.24) is 15.3 Å². The van der Waals surface area contributed by atoms with E-state index in [2.05, 4.69) is 35.2 Å². The van der Waals surface area contributed by atoms with Crippen molar-refractivity contribution in [3.63, 3.8) is 0 Å². The molecule has 2 rings (SSSR count). The fourth-order valence-corrected chi connectivity index (χ4v) is 1.99. The maximum Gasteiger partial charge on any atom is 0.131 e. The van der Waals surface area contributed by atoms with Crippen LogP contribution in [0.15, 0.2) is 6.07 Å². The Morgan fingerprint density at radius 3 is 2.81 bits per heavy atom. The molecule has 0 bridgehead atoms. The number of nitrogens with zero attached hydrogens (tertiary/aromatic N) is 2. The molecule has 0 radical (unpaired) electrons. The lowest BCUT2D eigenvalue weighted by molar-refractivity contribution is 0.399. The number of aromatic nitrogens is 2. The van der Waals surface area contributed by atoms with Crippen LogP contribution in [0.2, 0.25) is 0 Å². The molecular formula is C13H21N3. The summed E-state index contributed by atoms with van der Waals surface area (Å²) in [6.45, 7) is 6.17. The number of aryl methyl sites for hydroxylation is 1. The highest BCUT2D eigenvalue weighted by Gasteiger charge is 2.22. The van der Waals surface area contributed by atoms with E-state index in [4.69, 9.17) is 0 Å². The first kappa shape index (κ1) is 11.5. The number of hydrogen-bond donors (Lipinski definition) is 1. The summed E-state index contributed by atoms with van der Waals surface area (Å²) in [7, 11) is 0. The highest BCUT2D eigenvalue weighted by molar-refractivity contribution is 5.13. The minimum Gasteiger partial charge on any atom is -0.311 e. The smallest absolute Gasteiger partial charge is 0.131 e. The first-order chi connectivity index (χ1) is 7.79. The zero-order valence-electron chi connectivity index (χ0n) is 10.3. The van der Waals surface area contributed by atoms with E-state index in [-0.39, 0.29) is 0 Å². The molecule has 1 fully saturated rings. The van der Waals surface area contributed by atoms with E-state index in [9.17, 15) is 0 Å². The molecule has 3 heteroatoms. The molecule has 0 unspecified atom stereocenters. The van der Waals surface area contributed by atoms with Gasteiger partial charge in [-0.2, -0.15) is 0 Å². The van der Waals surface area contributed by atoms with Crippen LogP contribution in [0.4, 0.5) is 0 Å². The molecule has 1 aromatic rings. The molecule has 1 N–H and O–H groups in total. The highest BCUT2D eigenvalue weighted by atomic mass is 14.9. The van der Waals surface area contributed by atoms with Gasteiger partial charge in [0, 0.05) is 18.2 Å². The first-order valence-electron chi connectivity index (χ1n) is 6.34. The largest absolute Gasteiger partial charge is 0.311 e. The molecule has 0 atom stereocenters. The summed E-state index contributed by atoms with van der Waals surface area (Å²) in [6.07, 6.45) is 5.04. The van der Waals surface area contributed by atoms with Gasteiger partial charge < -0.3 is 5.32 Å². The van der Waals surface area contributed by atoms with Gasteiger partial charge in [0.05, 0.1) is 5.69 Å². The average Bonchev–Trinajstić information content (AvgIpc) is 2.14. The predicted octanol–water partition coefficient (Wildman–Crippen LogP) is 2.55. The second kappa shape index (κ2) is 5.39. The van der Waals surface area contributed by atoms with Crippen LogP contribution in [0, 0.1) is 6.92 Å². The zero-order valence-corrected chi connectivity index (χ0v) is 10.3. The minimum absolute atomic E-state index is 0.629. The molecule has 88 valence electrons.